The Morgan fingerprint density at radius 3 is 2.53 bits per heavy atom. The number of benzene rings is 2. The van der Waals surface area contributed by atoms with E-state index in [-0.39, 0.29) is 5.97 Å². The van der Waals surface area contributed by atoms with Crippen LogP contribution < -0.4 is 5.73 Å². The molecule has 0 aromatic heterocycles. The average Bonchev–Trinajstić information content (AvgIpc) is 2.42. The van der Waals surface area contributed by atoms with Crippen LogP contribution in [0.15, 0.2) is 52.3 Å². The van der Waals surface area contributed by atoms with Crippen LogP contribution in [0.4, 0.5) is 5.69 Å². The molecule has 0 heterocycles. The van der Waals surface area contributed by atoms with Crippen molar-refractivity contribution in [2.75, 3.05) is 12.8 Å². The third-order valence-corrected chi connectivity index (χ3v) is 4.01. The van der Waals surface area contributed by atoms with E-state index in [4.69, 9.17) is 5.73 Å². The Labute approximate surface area is 116 Å². The molecule has 0 aliphatic carbocycles. The van der Waals surface area contributed by atoms with Gasteiger partial charge in [-0.3, -0.25) is 0 Å². The van der Waals surface area contributed by atoms with E-state index in [2.05, 4.69) is 17.7 Å². The highest BCUT2D eigenvalue weighted by Crippen LogP contribution is 2.34. The number of carbonyl (C=O) groups excluding carboxylic acids is 1. The number of aryl methyl sites for hydroxylation is 1. The molecule has 0 radical (unpaired) electrons. The van der Waals surface area contributed by atoms with E-state index in [1.165, 1.54) is 12.7 Å². The van der Waals surface area contributed by atoms with Crippen molar-refractivity contribution in [3.63, 3.8) is 0 Å². The van der Waals surface area contributed by atoms with Crippen LogP contribution in [0.5, 0.6) is 0 Å². The van der Waals surface area contributed by atoms with Crippen molar-refractivity contribution in [3.8, 4) is 0 Å². The SMILES string of the molecule is COC(=O)c1ccc(Sc2ccccc2C)c(N)c1. The van der Waals surface area contributed by atoms with Gasteiger partial charge in [0.2, 0.25) is 0 Å². The van der Waals surface area contributed by atoms with Gasteiger partial charge in [-0.15, -0.1) is 0 Å². The number of esters is 1. The fourth-order valence-electron chi connectivity index (χ4n) is 1.68. The first-order valence-electron chi connectivity index (χ1n) is 5.83. The molecule has 3 nitrogen and oxygen atoms in total. The van der Waals surface area contributed by atoms with Gasteiger partial charge in [-0.25, -0.2) is 4.79 Å². The predicted molar refractivity (Wildman–Crippen MR) is 77.5 cm³/mol. The monoisotopic (exact) mass is 273 g/mol. The minimum Gasteiger partial charge on any atom is -0.465 e. The van der Waals surface area contributed by atoms with Gasteiger partial charge in [-0.2, -0.15) is 0 Å². The first-order chi connectivity index (χ1) is 9.11. The molecule has 0 bridgehead atoms. The summed E-state index contributed by atoms with van der Waals surface area (Å²) >= 11 is 1.59. The van der Waals surface area contributed by atoms with E-state index in [9.17, 15) is 4.79 Å². The van der Waals surface area contributed by atoms with Crippen molar-refractivity contribution in [1.82, 2.24) is 0 Å². The molecule has 98 valence electrons. The highest BCUT2D eigenvalue weighted by molar-refractivity contribution is 7.99. The molecular weight excluding hydrogens is 258 g/mol. The van der Waals surface area contributed by atoms with Gasteiger partial charge in [-0.05, 0) is 36.8 Å². The summed E-state index contributed by atoms with van der Waals surface area (Å²) in [4.78, 5) is 13.5. The maximum atomic E-state index is 11.4. The highest BCUT2D eigenvalue weighted by Gasteiger charge is 2.09. The Kier molecular flexibility index (Phi) is 4.12. The Hall–Kier alpha value is -1.94. The Morgan fingerprint density at radius 1 is 1.16 bits per heavy atom. The lowest BCUT2D eigenvalue weighted by Crippen LogP contribution is -2.02. The molecule has 0 saturated carbocycles. The van der Waals surface area contributed by atoms with Gasteiger partial charge in [0.15, 0.2) is 0 Å². The fourth-order valence-corrected chi connectivity index (χ4v) is 2.60. The molecule has 2 rings (SSSR count). The van der Waals surface area contributed by atoms with Crippen LogP contribution >= 0.6 is 11.8 Å². The standard InChI is InChI=1S/C15H15NO2S/c1-10-5-3-4-6-13(10)19-14-8-7-11(9-12(14)16)15(17)18-2/h3-9H,16H2,1-2H3. The molecule has 2 N–H and O–H groups in total. The summed E-state index contributed by atoms with van der Waals surface area (Å²) < 4.78 is 4.67. The second-order valence-electron chi connectivity index (χ2n) is 4.11. The molecule has 0 aliphatic heterocycles. The summed E-state index contributed by atoms with van der Waals surface area (Å²) in [7, 11) is 1.36. The molecule has 0 spiro atoms. The number of rotatable bonds is 3. The first kappa shape index (κ1) is 13.5. The lowest BCUT2D eigenvalue weighted by molar-refractivity contribution is 0.0600. The number of methoxy groups -OCH3 is 1. The van der Waals surface area contributed by atoms with Gasteiger partial charge < -0.3 is 10.5 Å². The van der Waals surface area contributed by atoms with Gasteiger partial charge in [0, 0.05) is 15.5 Å². The minimum absolute atomic E-state index is 0.376. The Morgan fingerprint density at radius 2 is 1.89 bits per heavy atom. The molecule has 2 aromatic rings. The minimum atomic E-state index is -0.376. The smallest absolute Gasteiger partial charge is 0.337 e. The van der Waals surface area contributed by atoms with Gasteiger partial charge in [0.1, 0.15) is 0 Å². The van der Waals surface area contributed by atoms with E-state index in [0.29, 0.717) is 11.3 Å². The summed E-state index contributed by atoms with van der Waals surface area (Å²) in [5.41, 5.74) is 8.23. The van der Waals surface area contributed by atoms with Crippen LogP contribution in [-0.2, 0) is 4.74 Å². The molecule has 0 aliphatic rings. The number of carbonyl (C=O) groups is 1. The van der Waals surface area contributed by atoms with Crippen molar-refractivity contribution in [2.45, 2.75) is 16.7 Å². The van der Waals surface area contributed by atoms with Crippen molar-refractivity contribution in [2.24, 2.45) is 0 Å². The van der Waals surface area contributed by atoms with Crippen LogP contribution in [0.2, 0.25) is 0 Å². The molecule has 0 atom stereocenters. The van der Waals surface area contributed by atoms with E-state index >= 15 is 0 Å². The number of hydrogen-bond donors (Lipinski definition) is 1. The van der Waals surface area contributed by atoms with Crippen molar-refractivity contribution < 1.29 is 9.53 Å². The van der Waals surface area contributed by atoms with Gasteiger partial charge in [-0.1, -0.05) is 30.0 Å². The number of hydrogen-bond acceptors (Lipinski definition) is 4. The van der Waals surface area contributed by atoms with Gasteiger partial charge in [0.05, 0.1) is 12.7 Å². The zero-order chi connectivity index (χ0) is 13.8. The quantitative estimate of drug-likeness (QED) is 0.686. The summed E-state index contributed by atoms with van der Waals surface area (Å²) in [5, 5.41) is 0. The Bertz CT molecular complexity index is 611. The lowest BCUT2D eigenvalue weighted by Gasteiger charge is -2.09. The molecule has 0 unspecified atom stereocenters. The molecule has 0 amide bonds. The topological polar surface area (TPSA) is 52.3 Å². The molecule has 0 saturated heterocycles. The number of nitrogen functional groups attached to an aromatic ring is 1. The van der Waals surface area contributed by atoms with E-state index in [1.54, 1.807) is 23.9 Å². The summed E-state index contributed by atoms with van der Waals surface area (Å²) in [6.07, 6.45) is 0. The molecule has 4 heteroatoms. The van der Waals surface area contributed by atoms with Crippen LogP contribution in [0.1, 0.15) is 15.9 Å². The van der Waals surface area contributed by atoms with E-state index in [0.717, 1.165) is 9.79 Å². The van der Waals surface area contributed by atoms with Gasteiger partial charge >= 0.3 is 5.97 Å². The van der Waals surface area contributed by atoms with Gasteiger partial charge in [0.25, 0.3) is 0 Å². The molecule has 19 heavy (non-hydrogen) atoms. The third-order valence-electron chi connectivity index (χ3n) is 2.74. The van der Waals surface area contributed by atoms with E-state index in [1.807, 2.05) is 24.3 Å². The second-order valence-corrected chi connectivity index (χ2v) is 5.20. The maximum absolute atomic E-state index is 11.4. The zero-order valence-electron chi connectivity index (χ0n) is 10.8. The van der Waals surface area contributed by atoms with Crippen molar-refractivity contribution >= 4 is 23.4 Å². The third kappa shape index (κ3) is 3.09. The first-order valence-corrected chi connectivity index (χ1v) is 6.65. The van der Waals surface area contributed by atoms with E-state index < -0.39 is 0 Å². The largest absolute Gasteiger partial charge is 0.465 e. The summed E-state index contributed by atoms with van der Waals surface area (Å²) in [6.45, 7) is 2.06. The second kappa shape index (κ2) is 5.80. The predicted octanol–water partition coefficient (Wildman–Crippen LogP) is 3.52. The molecule has 0 fully saturated rings. The maximum Gasteiger partial charge on any atom is 0.337 e. The van der Waals surface area contributed by atoms with Crippen LogP contribution in [0, 0.1) is 6.92 Å². The number of ether oxygens (including phenoxy) is 1. The van der Waals surface area contributed by atoms with Crippen LogP contribution in [0.25, 0.3) is 0 Å². The normalized spacial score (nSPS) is 10.2. The Balaban J connectivity index is 2.27. The molecule has 2 aromatic carbocycles. The van der Waals surface area contributed by atoms with Crippen LogP contribution in [-0.4, -0.2) is 13.1 Å². The summed E-state index contributed by atoms with van der Waals surface area (Å²) in [5.74, 6) is -0.376. The lowest BCUT2D eigenvalue weighted by atomic mass is 10.2. The van der Waals surface area contributed by atoms with Crippen molar-refractivity contribution in [1.29, 1.82) is 0 Å². The van der Waals surface area contributed by atoms with Crippen molar-refractivity contribution in [3.05, 3.63) is 53.6 Å². The fraction of sp³-hybridized carbons (Fsp3) is 0.133. The number of anilines is 1. The summed E-state index contributed by atoms with van der Waals surface area (Å²) in [6, 6.07) is 13.3. The van der Waals surface area contributed by atoms with Crippen LogP contribution in [0.3, 0.4) is 0 Å². The zero-order valence-corrected chi connectivity index (χ0v) is 11.7. The number of nitrogens with two attached hydrogens (primary N) is 1. The highest BCUT2D eigenvalue weighted by atomic mass is 32.2. The average molecular weight is 273 g/mol. The molecular formula is C15H15NO2S.